The first-order valence-corrected chi connectivity index (χ1v) is 9.33. The van der Waals surface area contributed by atoms with E-state index >= 15 is 0 Å². The molecule has 2 unspecified atom stereocenters. The summed E-state index contributed by atoms with van der Waals surface area (Å²) in [5.41, 5.74) is -1.27. The Morgan fingerprint density at radius 2 is 2.22 bits per heavy atom. The molecule has 11 nitrogen and oxygen atoms in total. The quantitative estimate of drug-likeness (QED) is 0.197. The maximum atomic E-state index is 12.6. The first kappa shape index (κ1) is 20.5. The van der Waals surface area contributed by atoms with Crippen LogP contribution in [-0.2, 0) is 26.1 Å². The second kappa shape index (κ2) is 7.28. The summed E-state index contributed by atoms with van der Waals surface area (Å²) in [4.78, 5) is 37.1. The van der Waals surface area contributed by atoms with Gasteiger partial charge in [-0.15, -0.1) is 16.9 Å². The van der Waals surface area contributed by atoms with Gasteiger partial charge >= 0.3 is 35.7 Å². The van der Waals surface area contributed by atoms with Crippen LogP contribution in [-0.4, -0.2) is 66.5 Å². The van der Waals surface area contributed by atoms with Crippen LogP contribution in [0.1, 0.15) is 6.92 Å². The maximum absolute atomic E-state index is 12.6. The maximum Gasteiger partial charge on any atom is 1.00 e. The number of nitrogens with zero attached hydrogens (tertiary/aromatic N) is 5. The molecule has 0 spiro atoms. The second-order valence-electron chi connectivity index (χ2n) is 6.08. The molecule has 1 aromatic heterocycles. The molecule has 1 amide bonds. The van der Waals surface area contributed by atoms with Crippen LogP contribution in [0.3, 0.4) is 0 Å². The number of aromatic nitrogens is 4. The fourth-order valence-electron chi connectivity index (χ4n) is 3.11. The Bertz CT molecular complexity index is 862. The zero-order valence-corrected chi connectivity index (χ0v) is 18.2. The Labute approximate surface area is 183 Å². The molecule has 4 rings (SSSR count). The zero-order valence-electron chi connectivity index (χ0n) is 14.6. The number of hydrogen-bond acceptors (Lipinski definition) is 11. The Hall–Kier alpha value is -1.28. The third-order valence-corrected chi connectivity index (χ3v) is 6.94. The number of aliphatic carboxylic acids is 1. The van der Waals surface area contributed by atoms with E-state index in [1.165, 1.54) is 33.1 Å². The van der Waals surface area contributed by atoms with E-state index in [2.05, 4.69) is 15.5 Å². The molecule has 0 aliphatic carbocycles. The van der Waals surface area contributed by atoms with Crippen LogP contribution in [0.15, 0.2) is 15.8 Å². The largest absolute Gasteiger partial charge is 1.00 e. The minimum absolute atomic E-state index is 0. The van der Waals surface area contributed by atoms with E-state index in [9.17, 15) is 19.5 Å². The summed E-state index contributed by atoms with van der Waals surface area (Å²) in [6.45, 7) is 1.55. The number of carboxylic acids is 1. The third kappa shape index (κ3) is 3.24. The number of tetrazole rings is 1. The number of β-lactam (4-membered cyclic amide) rings is 1. The van der Waals surface area contributed by atoms with Crippen LogP contribution in [0, 0.1) is 5.92 Å². The van der Waals surface area contributed by atoms with Gasteiger partial charge in [0.15, 0.2) is 5.60 Å². The van der Waals surface area contributed by atoms with E-state index < -0.39 is 34.9 Å². The van der Waals surface area contributed by atoms with E-state index in [4.69, 9.17) is 9.47 Å². The first-order valence-electron chi connectivity index (χ1n) is 7.47. The van der Waals surface area contributed by atoms with Crippen molar-refractivity contribution in [3.05, 3.63) is 10.6 Å². The van der Waals surface area contributed by atoms with Gasteiger partial charge in [0.1, 0.15) is 17.9 Å². The average molecular weight is 421 g/mol. The van der Waals surface area contributed by atoms with E-state index in [-0.39, 0.29) is 47.6 Å². The normalized spacial score (nSPS) is 29.0. The molecule has 0 radical (unpaired) electrons. The molecule has 0 bridgehead atoms. The molecule has 3 aliphatic heterocycles. The number of carbonyl (C=O) groups is 3. The molecule has 0 saturated carbocycles. The van der Waals surface area contributed by atoms with Gasteiger partial charge in [-0.3, -0.25) is 9.69 Å². The standard InChI is InChI=1S/C13H13N5O6S2.Na/c1-13(4-23-12(22)24-13)6-8(19)18-7(10(20)21)5(26-9(6)18)3-25-11-14-15-16-17(11)2;/h6,9H,3-4H2,1-2H3,(H,20,21);/q;+1/p-1/t6?,9-,13?;/m0./s1. The van der Waals surface area contributed by atoms with Crippen molar-refractivity contribution in [2.24, 2.45) is 13.0 Å². The molecule has 3 aliphatic rings. The van der Waals surface area contributed by atoms with Gasteiger partial charge in [-0.2, -0.15) is 0 Å². The number of aryl methyl sites for hydroxylation is 1. The van der Waals surface area contributed by atoms with E-state index in [0.717, 1.165) is 0 Å². The van der Waals surface area contributed by atoms with Gasteiger partial charge in [-0.05, 0) is 17.4 Å². The van der Waals surface area contributed by atoms with Gasteiger partial charge in [-0.1, -0.05) is 11.8 Å². The zero-order chi connectivity index (χ0) is 18.6. The van der Waals surface area contributed by atoms with Crippen LogP contribution in [0.5, 0.6) is 0 Å². The molecule has 0 N–H and O–H groups in total. The van der Waals surface area contributed by atoms with Crippen LogP contribution >= 0.6 is 23.5 Å². The van der Waals surface area contributed by atoms with Crippen LogP contribution in [0.25, 0.3) is 0 Å². The Balaban J connectivity index is 0.00000210. The molecule has 2 saturated heterocycles. The number of rotatable bonds is 5. The SMILES string of the molecule is Cn1nnnc1SCC1=C(C(=O)[O-])N2C(=O)C(C3(C)COC(=O)O3)[C@@H]2S1.[Na+]. The summed E-state index contributed by atoms with van der Waals surface area (Å²) in [5, 5.41) is 22.7. The van der Waals surface area contributed by atoms with Crippen LogP contribution < -0.4 is 34.7 Å². The van der Waals surface area contributed by atoms with Gasteiger partial charge < -0.3 is 19.4 Å². The van der Waals surface area contributed by atoms with Crippen molar-refractivity contribution in [3.8, 4) is 0 Å². The Morgan fingerprint density at radius 1 is 1.48 bits per heavy atom. The number of thioether (sulfide) groups is 2. The number of carboxylic acid groups (broad SMARTS) is 1. The summed E-state index contributed by atoms with van der Waals surface area (Å²) in [6, 6.07) is 0. The van der Waals surface area contributed by atoms with Crippen molar-refractivity contribution in [3.63, 3.8) is 0 Å². The summed E-state index contributed by atoms with van der Waals surface area (Å²) >= 11 is 2.49. The monoisotopic (exact) mass is 421 g/mol. The van der Waals surface area contributed by atoms with Crippen molar-refractivity contribution in [2.45, 2.75) is 23.1 Å². The van der Waals surface area contributed by atoms with Crippen molar-refractivity contribution in [1.82, 2.24) is 25.1 Å². The van der Waals surface area contributed by atoms with Crippen molar-refractivity contribution in [1.29, 1.82) is 0 Å². The molecule has 2 fully saturated rings. The number of fused-ring (bicyclic) bond motifs is 1. The van der Waals surface area contributed by atoms with Gasteiger partial charge in [0.25, 0.3) is 0 Å². The van der Waals surface area contributed by atoms with Gasteiger partial charge in [0.2, 0.25) is 11.1 Å². The summed E-state index contributed by atoms with van der Waals surface area (Å²) < 4.78 is 11.4. The van der Waals surface area contributed by atoms with E-state index in [1.54, 1.807) is 14.0 Å². The first-order chi connectivity index (χ1) is 12.3. The minimum atomic E-state index is -1.43. The Morgan fingerprint density at radius 3 is 2.78 bits per heavy atom. The Kier molecular flexibility index (Phi) is 5.51. The number of carbonyl (C=O) groups excluding carboxylic acids is 3. The molecule has 3 atom stereocenters. The van der Waals surface area contributed by atoms with E-state index in [1.807, 2.05) is 0 Å². The molecule has 0 aromatic carbocycles. The van der Waals surface area contributed by atoms with Crippen molar-refractivity contribution in [2.75, 3.05) is 12.4 Å². The summed E-state index contributed by atoms with van der Waals surface area (Å²) in [6.07, 6.45) is -0.833. The fraction of sp³-hybridized carbons (Fsp3) is 0.538. The van der Waals surface area contributed by atoms with Gasteiger partial charge in [0.05, 0.1) is 11.7 Å². The predicted molar refractivity (Wildman–Crippen MR) is 84.1 cm³/mol. The van der Waals surface area contributed by atoms with Gasteiger partial charge in [-0.25, -0.2) is 9.48 Å². The summed E-state index contributed by atoms with van der Waals surface area (Å²) in [5.74, 6) is -2.28. The van der Waals surface area contributed by atoms with Crippen molar-refractivity contribution < 1.29 is 58.5 Å². The molecule has 27 heavy (non-hydrogen) atoms. The molecular weight excluding hydrogens is 409 g/mol. The second-order valence-corrected chi connectivity index (χ2v) is 8.23. The smallest absolute Gasteiger partial charge is 0.543 e. The van der Waals surface area contributed by atoms with Crippen LogP contribution in [0.2, 0.25) is 0 Å². The molecule has 138 valence electrons. The van der Waals surface area contributed by atoms with Crippen LogP contribution in [0.4, 0.5) is 4.79 Å². The number of cyclic esters (lactones) is 2. The fourth-order valence-corrected chi connectivity index (χ4v) is 5.72. The number of hydrogen-bond donors (Lipinski definition) is 0. The third-order valence-electron chi connectivity index (χ3n) is 4.37. The molecule has 14 heteroatoms. The predicted octanol–water partition coefficient (Wildman–Crippen LogP) is -4.28. The van der Waals surface area contributed by atoms with E-state index in [0.29, 0.717) is 10.1 Å². The number of amides is 1. The van der Waals surface area contributed by atoms with Crippen molar-refractivity contribution >= 4 is 41.6 Å². The average Bonchev–Trinajstić information content (AvgIpc) is 3.22. The molecule has 4 heterocycles. The van der Waals surface area contributed by atoms with Gasteiger partial charge in [0, 0.05) is 17.7 Å². The summed E-state index contributed by atoms with van der Waals surface area (Å²) in [7, 11) is 1.67. The number of ether oxygens (including phenoxy) is 2. The topological polar surface area (TPSA) is 140 Å². The molecule has 1 aromatic rings. The minimum Gasteiger partial charge on any atom is -0.543 e. The molecular formula is C13H12N5NaO6S2.